The molecule has 2 aromatic carbocycles. The van der Waals surface area contributed by atoms with E-state index in [-0.39, 0.29) is 45.2 Å². The first-order valence-electron chi connectivity index (χ1n) is 12.8. The van der Waals surface area contributed by atoms with Crippen LogP contribution >= 0.6 is 0 Å². The second-order valence-corrected chi connectivity index (χ2v) is 10.1. The summed E-state index contributed by atoms with van der Waals surface area (Å²) in [5.74, 6) is -3.51. The zero-order valence-corrected chi connectivity index (χ0v) is 21.5. The highest BCUT2D eigenvalue weighted by Gasteiger charge is 2.60. The van der Waals surface area contributed by atoms with Crippen molar-refractivity contribution in [2.75, 3.05) is 23.7 Å². The number of carbonyl (C=O) groups excluding carboxylic acids is 2. The Morgan fingerprint density at radius 1 is 1.00 bits per heavy atom. The van der Waals surface area contributed by atoms with E-state index in [0.29, 0.717) is 13.1 Å². The van der Waals surface area contributed by atoms with Crippen LogP contribution in [0, 0.1) is 40.2 Å². The minimum Gasteiger partial charge on any atom is -0.383 e. The van der Waals surface area contributed by atoms with Crippen molar-refractivity contribution >= 4 is 28.9 Å². The summed E-state index contributed by atoms with van der Waals surface area (Å²) in [6, 6.07) is 13.9. The van der Waals surface area contributed by atoms with Crippen molar-refractivity contribution in [1.29, 1.82) is 10.5 Å². The van der Waals surface area contributed by atoms with Crippen LogP contribution in [0.25, 0.3) is 0 Å². The van der Waals surface area contributed by atoms with Crippen LogP contribution in [-0.2, 0) is 5.41 Å². The van der Waals surface area contributed by atoms with Crippen LogP contribution < -0.4 is 16.0 Å². The molecule has 0 spiro atoms. The van der Waals surface area contributed by atoms with E-state index < -0.39 is 41.0 Å². The van der Waals surface area contributed by atoms with Gasteiger partial charge in [-0.2, -0.15) is 10.5 Å². The van der Waals surface area contributed by atoms with Gasteiger partial charge in [0.25, 0.3) is 0 Å². The SMILES string of the molecule is N#Cc1c(N2CCCCC2)nc(N)c2c1[C@](C#N)(CC(=O)c1ccc(F)cc1)C(C(=O)c1ccc(F)cc1)C2=[NH2+]. The number of anilines is 2. The maximum atomic E-state index is 14.0. The fraction of sp³-hybridized carbons (Fsp3) is 0.267. The number of aromatic nitrogens is 1. The third-order valence-corrected chi connectivity index (χ3v) is 7.71. The molecule has 4 N–H and O–H groups in total. The van der Waals surface area contributed by atoms with Crippen LogP contribution in [-0.4, -0.2) is 35.4 Å². The van der Waals surface area contributed by atoms with Crippen molar-refractivity contribution in [2.24, 2.45) is 5.92 Å². The highest BCUT2D eigenvalue weighted by molar-refractivity contribution is 6.23. The Hall–Kier alpha value is -4.96. The van der Waals surface area contributed by atoms with Gasteiger partial charge in [0.15, 0.2) is 17.3 Å². The van der Waals surface area contributed by atoms with Gasteiger partial charge < -0.3 is 10.6 Å². The number of nitrogen functional groups attached to an aromatic ring is 1. The third-order valence-electron chi connectivity index (χ3n) is 7.71. The molecule has 1 aromatic heterocycles. The minimum atomic E-state index is -1.94. The summed E-state index contributed by atoms with van der Waals surface area (Å²) in [7, 11) is 0. The number of ketones is 2. The number of pyridine rings is 1. The number of rotatable bonds is 6. The van der Waals surface area contributed by atoms with Gasteiger partial charge in [-0.3, -0.25) is 15.0 Å². The van der Waals surface area contributed by atoms with Crippen molar-refractivity contribution in [1.82, 2.24) is 4.98 Å². The predicted molar refractivity (Wildman–Crippen MR) is 142 cm³/mol. The number of benzene rings is 2. The fourth-order valence-corrected chi connectivity index (χ4v) is 5.81. The van der Waals surface area contributed by atoms with Crippen LogP contribution in [0.1, 0.15) is 63.1 Å². The van der Waals surface area contributed by atoms with Crippen molar-refractivity contribution in [3.63, 3.8) is 0 Å². The molecule has 0 bridgehead atoms. The number of nitriles is 2. The molecule has 10 heteroatoms. The Morgan fingerprint density at radius 2 is 1.57 bits per heavy atom. The van der Waals surface area contributed by atoms with Gasteiger partial charge in [0.05, 0.1) is 11.6 Å². The molecule has 1 unspecified atom stereocenters. The van der Waals surface area contributed by atoms with Gasteiger partial charge in [-0.05, 0) is 67.8 Å². The molecule has 8 nitrogen and oxygen atoms in total. The van der Waals surface area contributed by atoms with Crippen molar-refractivity contribution in [3.05, 3.63) is 88.0 Å². The highest BCUT2D eigenvalue weighted by atomic mass is 19.1. The standard InChI is InChI=1S/C30H24F2N6O2/c31-19-8-4-17(5-9-19)22(39)14-30(16-34)24-21(15-33)29(38-12-2-1-3-13-38)37-28(36)23(24)26(35)25(30)27(40)18-6-10-20(32)11-7-18/h4-11,25,35H,1-3,12-14H2,(H2,36,37)/p+1/t25?,30-/m1/s1. The summed E-state index contributed by atoms with van der Waals surface area (Å²) in [4.78, 5) is 34.0. The molecule has 200 valence electrons. The largest absolute Gasteiger partial charge is 0.383 e. The summed E-state index contributed by atoms with van der Waals surface area (Å²) in [6.07, 6.45) is 2.21. The van der Waals surface area contributed by atoms with E-state index >= 15 is 0 Å². The average molecular weight is 540 g/mol. The maximum Gasteiger partial charge on any atom is 0.197 e. The monoisotopic (exact) mass is 539 g/mol. The Kier molecular flexibility index (Phi) is 6.87. The van der Waals surface area contributed by atoms with Gasteiger partial charge in [0.2, 0.25) is 0 Å². The second kappa shape index (κ2) is 10.3. The molecule has 40 heavy (non-hydrogen) atoms. The number of hydrogen-bond acceptors (Lipinski definition) is 7. The first-order chi connectivity index (χ1) is 19.2. The number of carbonyl (C=O) groups is 2. The molecule has 0 amide bonds. The first kappa shape index (κ1) is 26.6. The van der Waals surface area contributed by atoms with E-state index in [1.54, 1.807) is 0 Å². The van der Waals surface area contributed by atoms with Gasteiger partial charge in [-0.25, -0.2) is 13.8 Å². The number of halogens is 2. The van der Waals surface area contributed by atoms with E-state index in [1.165, 1.54) is 24.3 Å². The molecule has 2 heterocycles. The lowest BCUT2D eigenvalue weighted by molar-refractivity contribution is -0.117. The lowest BCUT2D eigenvalue weighted by Gasteiger charge is -2.31. The quantitative estimate of drug-likeness (QED) is 0.457. The summed E-state index contributed by atoms with van der Waals surface area (Å²) < 4.78 is 27.2. The van der Waals surface area contributed by atoms with Crippen molar-refractivity contribution < 1.29 is 23.8 Å². The summed E-state index contributed by atoms with van der Waals surface area (Å²) in [5.41, 5.74) is 4.75. The molecular weight excluding hydrogens is 514 g/mol. The van der Waals surface area contributed by atoms with Crippen LogP contribution in [0.3, 0.4) is 0 Å². The van der Waals surface area contributed by atoms with E-state index in [2.05, 4.69) is 17.1 Å². The molecule has 2 atom stereocenters. The maximum absolute atomic E-state index is 14.0. The van der Waals surface area contributed by atoms with E-state index in [9.17, 15) is 28.9 Å². The van der Waals surface area contributed by atoms with E-state index in [0.717, 1.165) is 43.5 Å². The molecule has 1 aliphatic carbocycles. The predicted octanol–water partition coefficient (Wildman–Crippen LogP) is 2.90. The van der Waals surface area contributed by atoms with Crippen LogP contribution in [0.15, 0.2) is 48.5 Å². The van der Waals surface area contributed by atoms with Gasteiger partial charge in [-0.1, -0.05) is 0 Å². The molecular formula is C30H25F2N6O2+. The van der Waals surface area contributed by atoms with E-state index in [4.69, 9.17) is 11.1 Å². The number of nitrogens with two attached hydrogens (primary N) is 2. The zero-order chi connectivity index (χ0) is 28.6. The second-order valence-electron chi connectivity index (χ2n) is 10.1. The minimum absolute atomic E-state index is 0.0249. The first-order valence-corrected chi connectivity index (χ1v) is 12.8. The van der Waals surface area contributed by atoms with Gasteiger partial charge >= 0.3 is 0 Å². The number of nitrogens with zero attached hydrogens (tertiary/aromatic N) is 4. The van der Waals surface area contributed by atoms with Gasteiger partial charge in [-0.15, -0.1) is 0 Å². The van der Waals surface area contributed by atoms with Crippen LogP contribution in [0.4, 0.5) is 20.4 Å². The number of piperidine rings is 1. The smallest absolute Gasteiger partial charge is 0.197 e. The molecule has 1 aliphatic heterocycles. The lowest BCUT2D eigenvalue weighted by atomic mass is 9.68. The van der Waals surface area contributed by atoms with Crippen molar-refractivity contribution in [3.8, 4) is 12.1 Å². The summed E-state index contributed by atoms with van der Waals surface area (Å²) in [6.45, 7) is 1.23. The third kappa shape index (κ3) is 4.28. The fourth-order valence-electron chi connectivity index (χ4n) is 5.81. The van der Waals surface area contributed by atoms with Gasteiger partial charge in [0.1, 0.15) is 46.2 Å². The van der Waals surface area contributed by atoms with Crippen LogP contribution in [0.5, 0.6) is 0 Å². The average Bonchev–Trinajstić information content (AvgIpc) is 3.22. The molecule has 1 saturated heterocycles. The Morgan fingerprint density at radius 3 is 2.12 bits per heavy atom. The van der Waals surface area contributed by atoms with Crippen LogP contribution in [0.2, 0.25) is 0 Å². The molecule has 3 aromatic rings. The Bertz CT molecular complexity index is 1620. The number of Topliss-reactive ketones (excluding diaryl/α,β-unsaturated/α-hetero) is 2. The molecule has 2 aliphatic rings. The van der Waals surface area contributed by atoms with Gasteiger partial charge in [0, 0.05) is 36.2 Å². The van der Waals surface area contributed by atoms with E-state index in [1.807, 2.05) is 4.90 Å². The zero-order valence-electron chi connectivity index (χ0n) is 21.5. The summed E-state index contributed by atoms with van der Waals surface area (Å²) in [5, 5.41) is 27.8. The topological polar surface area (TPSA) is 149 Å². The normalized spacial score (nSPS) is 19.9. The molecule has 5 rings (SSSR count). The summed E-state index contributed by atoms with van der Waals surface area (Å²) >= 11 is 0. The Balaban J connectivity index is 1.75. The van der Waals surface area contributed by atoms with Crippen molar-refractivity contribution in [2.45, 2.75) is 31.1 Å². The molecule has 1 fully saturated rings. The Labute approximate surface area is 229 Å². The molecule has 0 saturated carbocycles. The lowest BCUT2D eigenvalue weighted by Crippen LogP contribution is -2.50. The number of fused-ring (bicyclic) bond motifs is 1. The highest BCUT2D eigenvalue weighted by Crippen LogP contribution is 2.51. The number of hydrogen-bond donors (Lipinski definition) is 2. The molecule has 0 radical (unpaired) electrons.